The fourth-order valence-corrected chi connectivity index (χ4v) is 3.07. The van der Waals surface area contributed by atoms with E-state index in [2.05, 4.69) is 9.47 Å². The van der Waals surface area contributed by atoms with E-state index in [1.165, 1.54) is 31.3 Å². The Labute approximate surface area is 210 Å². The molecule has 13 heteroatoms. The Morgan fingerprint density at radius 3 is 1.49 bits per heavy atom. The third kappa shape index (κ3) is 5.86. The highest BCUT2D eigenvalue weighted by molar-refractivity contribution is 5.97. The fraction of sp³-hybridized carbons (Fsp3) is 0.708. The van der Waals surface area contributed by atoms with E-state index in [-0.39, 0.29) is 19.5 Å². The van der Waals surface area contributed by atoms with Gasteiger partial charge in [0.1, 0.15) is 5.41 Å². The molecule has 1 amide bonds. The largest absolute Gasteiger partial charge is 0.420 e. The van der Waals surface area contributed by atoms with Crippen molar-refractivity contribution in [3.63, 3.8) is 0 Å². The lowest BCUT2D eigenvalue weighted by Crippen LogP contribution is -2.65. The third-order valence-corrected chi connectivity index (χ3v) is 6.82. The first kappa shape index (κ1) is 33.0. The Morgan fingerprint density at radius 1 is 0.676 bits per heavy atom. The fourth-order valence-electron chi connectivity index (χ4n) is 3.07. The molecule has 1 rings (SSSR count). The van der Waals surface area contributed by atoms with Crippen LogP contribution < -0.4 is 4.90 Å². The van der Waals surface area contributed by atoms with Gasteiger partial charge in [-0.15, -0.1) is 0 Å². The second-order valence-corrected chi connectivity index (χ2v) is 10.8. The Hall–Kier alpha value is -2.02. The quantitative estimate of drug-likeness (QED) is 0.279. The lowest BCUT2D eigenvalue weighted by molar-refractivity contribution is -0.448. The van der Waals surface area contributed by atoms with Crippen LogP contribution in [-0.2, 0) is 14.3 Å². The van der Waals surface area contributed by atoms with E-state index in [1.807, 2.05) is 0 Å². The number of hydrogen-bond acceptors (Lipinski definition) is 3. The number of rotatable bonds is 10. The number of benzene rings is 1. The molecule has 0 aliphatic heterocycles. The van der Waals surface area contributed by atoms with E-state index < -0.39 is 52.3 Å². The van der Waals surface area contributed by atoms with E-state index in [0.29, 0.717) is 27.7 Å². The third-order valence-electron chi connectivity index (χ3n) is 6.82. The molecule has 0 radical (unpaired) electrons. The van der Waals surface area contributed by atoms with Crippen LogP contribution in [0.25, 0.3) is 0 Å². The maximum atomic E-state index is 15.4. The smallest absolute Gasteiger partial charge is 0.315 e. The number of carbonyl (C=O) groups excluding carboxylic acids is 1. The number of amides is 1. The van der Waals surface area contributed by atoms with E-state index >= 15 is 17.6 Å². The summed E-state index contributed by atoms with van der Waals surface area (Å²) in [6.07, 6.45) is -15.7. The van der Waals surface area contributed by atoms with Crippen molar-refractivity contribution in [2.24, 2.45) is 10.8 Å². The van der Waals surface area contributed by atoms with Gasteiger partial charge in [-0.3, -0.25) is 9.53 Å². The number of ether oxygens (including phenoxy) is 2. The van der Waals surface area contributed by atoms with Gasteiger partial charge in [-0.25, -0.2) is 0 Å². The number of nitrogens with zero attached hydrogens (tertiary/aromatic N) is 1. The molecular weight excluding hydrogens is 521 g/mol. The van der Waals surface area contributed by atoms with E-state index in [4.69, 9.17) is 0 Å². The molecule has 0 saturated heterocycles. The summed E-state index contributed by atoms with van der Waals surface area (Å²) >= 11 is 0. The first-order valence-corrected chi connectivity index (χ1v) is 11.0. The number of hydrogen-bond donors (Lipinski definition) is 0. The van der Waals surface area contributed by atoms with Crippen LogP contribution in [0.15, 0.2) is 30.3 Å². The van der Waals surface area contributed by atoms with Gasteiger partial charge in [-0.1, -0.05) is 32.0 Å². The molecule has 0 aliphatic rings. The Morgan fingerprint density at radius 2 is 1.08 bits per heavy atom. The normalized spacial score (nSPS) is 15.1. The number of para-hydroxylation sites is 1. The van der Waals surface area contributed by atoms with Gasteiger partial charge >= 0.3 is 24.3 Å². The van der Waals surface area contributed by atoms with Crippen molar-refractivity contribution < 1.29 is 53.8 Å². The van der Waals surface area contributed by atoms with Crippen molar-refractivity contribution in [3.8, 4) is 0 Å². The zero-order valence-corrected chi connectivity index (χ0v) is 22.0. The zero-order valence-electron chi connectivity index (χ0n) is 22.0. The molecule has 0 aliphatic carbocycles. The molecule has 0 heterocycles. The molecule has 4 nitrogen and oxygen atoms in total. The highest BCUT2D eigenvalue weighted by Gasteiger charge is 2.74. The van der Waals surface area contributed by atoms with Crippen LogP contribution in [0.3, 0.4) is 0 Å². The zero-order chi connectivity index (χ0) is 29.7. The maximum absolute atomic E-state index is 15.4. The topological polar surface area (TPSA) is 38.8 Å². The van der Waals surface area contributed by atoms with Crippen molar-refractivity contribution in [1.29, 1.82) is 0 Å². The van der Waals surface area contributed by atoms with E-state index in [9.17, 15) is 26.7 Å². The lowest BCUT2D eigenvalue weighted by atomic mass is 9.71. The second kappa shape index (κ2) is 9.62. The minimum Gasteiger partial charge on any atom is -0.315 e. The molecule has 1 aromatic rings. The lowest BCUT2D eigenvalue weighted by Gasteiger charge is -2.50. The molecular formula is C24H32F9NO3. The average Bonchev–Trinajstić information content (AvgIpc) is 2.70. The standard InChI is InChI=1S/C24H32F9NO3/c1-17(2,16(35)34(9)15-13-11-10-12-14-15)23(30,31)36-19(5,6)18(3,4)21(25,26)24(32,33)37-20(7,8)22(27,28)29/h10-14H,1-9H3. The number of anilines is 1. The summed E-state index contributed by atoms with van der Waals surface area (Å²) in [6.45, 7) is 3.92. The molecule has 0 fully saturated rings. The number of halogens is 9. The minimum absolute atomic E-state index is 0.122. The second-order valence-electron chi connectivity index (χ2n) is 10.8. The predicted octanol–water partition coefficient (Wildman–Crippen LogP) is 7.68. The monoisotopic (exact) mass is 553 g/mol. The van der Waals surface area contributed by atoms with Crippen molar-refractivity contribution in [2.45, 2.75) is 90.9 Å². The summed E-state index contributed by atoms with van der Waals surface area (Å²) in [6, 6.07) is 7.59. The average molecular weight is 554 g/mol. The van der Waals surface area contributed by atoms with Crippen LogP contribution >= 0.6 is 0 Å². The Bertz CT molecular complexity index is 956. The summed E-state index contributed by atoms with van der Waals surface area (Å²) in [5.41, 5.74) is -12.3. The molecule has 0 saturated carbocycles. The van der Waals surface area contributed by atoms with E-state index in [1.54, 1.807) is 6.07 Å². The Balaban J connectivity index is 3.37. The van der Waals surface area contributed by atoms with Gasteiger partial charge in [0.2, 0.25) is 5.91 Å². The summed E-state index contributed by atoms with van der Waals surface area (Å²) < 4.78 is 137. The predicted molar refractivity (Wildman–Crippen MR) is 119 cm³/mol. The van der Waals surface area contributed by atoms with Crippen LogP contribution in [0.1, 0.15) is 55.4 Å². The van der Waals surface area contributed by atoms with Crippen LogP contribution in [0.4, 0.5) is 45.2 Å². The molecule has 0 bridgehead atoms. The number of carbonyl (C=O) groups is 1. The van der Waals surface area contributed by atoms with E-state index in [0.717, 1.165) is 18.7 Å². The van der Waals surface area contributed by atoms with Crippen LogP contribution in [0, 0.1) is 10.8 Å². The minimum atomic E-state index is -5.76. The molecule has 37 heavy (non-hydrogen) atoms. The van der Waals surface area contributed by atoms with Gasteiger partial charge in [0.25, 0.3) is 0 Å². The van der Waals surface area contributed by atoms with Gasteiger partial charge in [0.05, 0.1) is 11.0 Å². The van der Waals surface area contributed by atoms with Crippen LogP contribution in [-0.4, -0.2) is 48.5 Å². The molecule has 1 aromatic carbocycles. The summed E-state index contributed by atoms with van der Waals surface area (Å²) in [4.78, 5) is 13.8. The summed E-state index contributed by atoms with van der Waals surface area (Å²) in [5, 5.41) is 0. The van der Waals surface area contributed by atoms with Gasteiger partial charge in [0, 0.05) is 12.7 Å². The summed E-state index contributed by atoms with van der Waals surface area (Å²) in [7, 11) is 1.19. The van der Waals surface area contributed by atoms with Gasteiger partial charge < -0.3 is 9.64 Å². The molecule has 0 aromatic heterocycles. The first-order valence-electron chi connectivity index (χ1n) is 11.0. The highest BCUT2D eigenvalue weighted by Crippen LogP contribution is 2.57. The van der Waals surface area contributed by atoms with Gasteiger partial charge in [0.15, 0.2) is 5.60 Å². The van der Waals surface area contributed by atoms with Crippen molar-refractivity contribution >= 4 is 11.6 Å². The molecule has 0 unspecified atom stereocenters. The molecule has 0 N–H and O–H groups in total. The molecule has 214 valence electrons. The highest BCUT2D eigenvalue weighted by atomic mass is 19.4. The van der Waals surface area contributed by atoms with Crippen molar-refractivity contribution in [3.05, 3.63) is 30.3 Å². The van der Waals surface area contributed by atoms with Crippen LogP contribution in [0.5, 0.6) is 0 Å². The number of alkyl halides is 9. The first-order chi connectivity index (χ1) is 16.1. The van der Waals surface area contributed by atoms with Crippen LogP contribution in [0.2, 0.25) is 0 Å². The maximum Gasteiger partial charge on any atom is 0.420 e. The summed E-state index contributed by atoms with van der Waals surface area (Å²) in [5.74, 6) is -6.65. The molecule has 0 spiro atoms. The van der Waals surface area contributed by atoms with Gasteiger partial charge in [-0.05, 0) is 53.7 Å². The van der Waals surface area contributed by atoms with Crippen molar-refractivity contribution in [2.75, 3.05) is 11.9 Å². The Kier molecular flexibility index (Phi) is 8.58. The molecule has 0 atom stereocenters. The SMILES string of the molecule is CN(C(=O)C(C)(C)C(F)(F)OC(C)(C)C(C)(C)C(F)(F)C(F)(F)OC(C)(C)C(F)(F)F)c1ccccc1. The van der Waals surface area contributed by atoms with Gasteiger partial charge in [-0.2, -0.15) is 39.5 Å². The van der Waals surface area contributed by atoms with Crippen molar-refractivity contribution in [1.82, 2.24) is 0 Å².